The van der Waals surface area contributed by atoms with Crippen LogP contribution in [0.2, 0.25) is 0 Å². The molecule has 0 radical (unpaired) electrons. The standard InChI is InChI=1S/C20H22N2O2/c1-3-15-6-4-5-7-18(15)22-13-16(12-19(22)23)20(24)21-17-10-8-14(2)9-11-17/h4-11,16H,3,12-13H2,1-2H3,(H,21,24)/t16-/m1/s1. The van der Waals surface area contributed by atoms with Crippen LogP contribution in [-0.2, 0) is 16.0 Å². The van der Waals surface area contributed by atoms with E-state index < -0.39 is 0 Å². The smallest absolute Gasteiger partial charge is 0.229 e. The second-order valence-electron chi connectivity index (χ2n) is 6.24. The van der Waals surface area contributed by atoms with E-state index in [0.717, 1.165) is 28.9 Å². The predicted octanol–water partition coefficient (Wildman–Crippen LogP) is 3.55. The first-order valence-corrected chi connectivity index (χ1v) is 8.34. The fourth-order valence-electron chi connectivity index (χ4n) is 3.07. The summed E-state index contributed by atoms with van der Waals surface area (Å²) in [7, 11) is 0. The highest BCUT2D eigenvalue weighted by Gasteiger charge is 2.35. The molecule has 2 aromatic rings. The van der Waals surface area contributed by atoms with E-state index in [0.29, 0.717) is 6.54 Å². The predicted molar refractivity (Wildman–Crippen MR) is 96.1 cm³/mol. The number of benzene rings is 2. The SMILES string of the molecule is CCc1ccccc1N1C[C@H](C(=O)Nc2ccc(C)cc2)CC1=O. The molecule has 1 atom stereocenters. The number of amides is 2. The average Bonchev–Trinajstić information content (AvgIpc) is 2.98. The third-order valence-corrected chi connectivity index (χ3v) is 4.48. The van der Waals surface area contributed by atoms with Crippen LogP contribution in [0, 0.1) is 12.8 Å². The first kappa shape index (κ1) is 16.2. The molecule has 2 aromatic carbocycles. The van der Waals surface area contributed by atoms with Crippen molar-refractivity contribution in [1.29, 1.82) is 0 Å². The summed E-state index contributed by atoms with van der Waals surface area (Å²) in [5.74, 6) is -0.396. The number of rotatable bonds is 4. The number of anilines is 2. The molecule has 3 rings (SSSR count). The summed E-state index contributed by atoms with van der Waals surface area (Å²) >= 11 is 0. The normalized spacial score (nSPS) is 17.2. The van der Waals surface area contributed by atoms with Crippen LogP contribution in [0.3, 0.4) is 0 Å². The Morgan fingerprint density at radius 3 is 2.58 bits per heavy atom. The van der Waals surface area contributed by atoms with Crippen molar-refractivity contribution in [2.45, 2.75) is 26.7 Å². The van der Waals surface area contributed by atoms with Gasteiger partial charge in [-0.15, -0.1) is 0 Å². The maximum Gasteiger partial charge on any atom is 0.229 e. The fraction of sp³-hybridized carbons (Fsp3) is 0.300. The van der Waals surface area contributed by atoms with Gasteiger partial charge in [-0.3, -0.25) is 9.59 Å². The minimum Gasteiger partial charge on any atom is -0.326 e. The van der Waals surface area contributed by atoms with Crippen molar-refractivity contribution < 1.29 is 9.59 Å². The van der Waals surface area contributed by atoms with Crippen LogP contribution in [0.15, 0.2) is 48.5 Å². The summed E-state index contributed by atoms with van der Waals surface area (Å²) in [5.41, 5.74) is 3.97. The van der Waals surface area contributed by atoms with Crippen molar-refractivity contribution in [1.82, 2.24) is 0 Å². The van der Waals surface area contributed by atoms with Crippen LogP contribution in [0.1, 0.15) is 24.5 Å². The van der Waals surface area contributed by atoms with Crippen LogP contribution >= 0.6 is 0 Å². The monoisotopic (exact) mass is 322 g/mol. The van der Waals surface area contributed by atoms with E-state index in [1.807, 2.05) is 55.5 Å². The van der Waals surface area contributed by atoms with E-state index in [4.69, 9.17) is 0 Å². The van der Waals surface area contributed by atoms with Crippen molar-refractivity contribution in [2.24, 2.45) is 5.92 Å². The molecule has 2 amide bonds. The second-order valence-corrected chi connectivity index (χ2v) is 6.24. The molecule has 0 saturated carbocycles. The lowest BCUT2D eigenvalue weighted by molar-refractivity contribution is -0.122. The summed E-state index contributed by atoms with van der Waals surface area (Å²) in [6, 6.07) is 15.6. The molecule has 0 bridgehead atoms. The Bertz CT molecular complexity index is 752. The molecule has 124 valence electrons. The van der Waals surface area contributed by atoms with Gasteiger partial charge in [0.2, 0.25) is 11.8 Å². The summed E-state index contributed by atoms with van der Waals surface area (Å²) in [6.07, 6.45) is 1.12. The van der Waals surface area contributed by atoms with E-state index in [9.17, 15) is 9.59 Å². The van der Waals surface area contributed by atoms with Gasteiger partial charge in [0.05, 0.1) is 5.92 Å². The Labute approximate surface area is 142 Å². The number of para-hydroxylation sites is 1. The Morgan fingerprint density at radius 1 is 1.17 bits per heavy atom. The Balaban J connectivity index is 1.72. The molecule has 0 unspecified atom stereocenters. The molecule has 0 spiro atoms. The van der Waals surface area contributed by atoms with Crippen molar-refractivity contribution in [2.75, 3.05) is 16.8 Å². The van der Waals surface area contributed by atoms with Crippen molar-refractivity contribution in [3.05, 3.63) is 59.7 Å². The molecule has 1 N–H and O–H groups in total. The lowest BCUT2D eigenvalue weighted by Gasteiger charge is -2.20. The van der Waals surface area contributed by atoms with Gasteiger partial charge in [0, 0.05) is 24.3 Å². The van der Waals surface area contributed by atoms with Gasteiger partial charge in [-0.25, -0.2) is 0 Å². The summed E-state index contributed by atoms with van der Waals surface area (Å²) in [5, 5.41) is 2.91. The lowest BCUT2D eigenvalue weighted by atomic mass is 10.1. The summed E-state index contributed by atoms with van der Waals surface area (Å²) in [4.78, 5) is 26.6. The molecule has 4 nitrogen and oxygen atoms in total. The molecule has 1 heterocycles. The Morgan fingerprint density at radius 2 is 1.88 bits per heavy atom. The van der Waals surface area contributed by atoms with E-state index in [2.05, 4.69) is 12.2 Å². The zero-order valence-corrected chi connectivity index (χ0v) is 14.1. The number of nitrogens with one attached hydrogen (secondary N) is 1. The highest BCUT2D eigenvalue weighted by molar-refractivity contribution is 6.03. The first-order valence-electron chi connectivity index (χ1n) is 8.34. The average molecular weight is 322 g/mol. The van der Waals surface area contributed by atoms with Gasteiger partial charge < -0.3 is 10.2 Å². The molecule has 0 aliphatic carbocycles. The maximum atomic E-state index is 12.5. The van der Waals surface area contributed by atoms with Gasteiger partial charge in [-0.05, 0) is 37.1 Å². The molecule has 4 heteroatoms. The van der Waals surface area contributed by atoms with E-state index in [-0.39, 0.29) is 24.2 Å². The molecule has 1 aliphatic rings. The second kappa shape index (κ2) is 6.87. The highest BCUT2D eigenvalue weighted by atomic mass is 16.2. The molecular formula is C20H22N2O2. The molecule has 0 aromatic heterocycles. The van der Waals surface area contributed by atoms with Crippen molar-refractivity contribution in [3.63, 3.8) is 0 Å². The van der Waals surface area contributed by atoms with Gasteiger partial charge >= 0.3 is 0 Å². The molecule has 24 heavy (non-hydrogen) atoms. The van der Waals surface area contributed by atoms with Crippen molar-refractivity contribution in [3.8, 4) is 0 Å². The Kier molecular flexibility index (Phi) is 4.65. The number of carbonyl (C=O) groups excluding carboxylic acids is 2. The summed E-state index contributed by atoms with van der Waals surface area (Å²) < 4.78 is 0. The van der Waals surface area contributed by atoms with Crippen LogP contribution in [-0.4, -0.2) is 18.4 Å². The number of hydrogen-bond donors (Lipinski definition) is 1. The van der Waals surface area contributed by atoms with Gasteiger partial charge in [0.15, 0.2) is 0 Å². The van der Waals surface area contributed by atoms with Crippen molar-refractivity contribution >= 4 is 23.2 Å². The van der Waals surface area contributed by atoms with Crippen LogP contribution in [0.4, 0.5) is 11.4 Å². The molecular weight excluding hydrogens is 300 g/mol. The lowest BCUT2D eigenvalue weighted by Crippen LogP contribution is -2.28. The highest BCUT2D eigenvalue weighted by Crippen LogP contribution is 2.29. The minimum atomic E-state index is -0.316. The molecule has 1 aliphatic heterocycles. The number of nitrogens with zero attached hydrogens (tertiary/aromatic N) is 1. The maximum absolute atomic E-state index is 12.5. The van der Waals surface area contributed by atoms with Gasteiger partial charge in [0.25, 0.3) is 0 Å². The number of hydrogen-bond acceptors (Lipinski definition) is 2. The van der Waals surface area contributed by atoms with Crippen LogP contribution in [0.25, 0.3) is 0 Å². The van der Waals surface area contributed by atoms with Gasteiger partial charge in [-0.1, -0.05) is 42.8 Å². The number of aryl methyl sites for hydroxylation is 2. The quantitative estimate of drug-likeness (QED) is 0.936. The zero-order valence-electron chi connectivity index (χ0n) is 14.1. The van der Waals surface area contributed by atoms with Crippen LogP contribution < -0.4 is 10.2 Å². The minimum absolute atomic E-state index is 0.0138. The topological polar surface area (TPSA) is 49.4 Å². The van der Waals surface area contributed by atoms with E-state index in [1.54, 1.807) is 4.90 Å². The van der Waals surface area contributed by atoms with Gasteiger partial charge in [-0.2, -0.15) is 0 Å². The Hall–Kier alpha value is -2.62. The number of carbonyl (C=O) groups is 2. The van der Waals surface area contributed by atoms with Gasteiger partial charge in [0.1, 0.15) is 0 Å². The van der Waals surface area contributed by atoms with E-state index in [1.165, 1.54) is 0 Å². The third kappa shape index (κ3) is 3.32. The molecule has 1 saturated heterocycles. The van der Waals surface area contributed by atoms with E-state index >= 15 is 0 Å². The third-order valence-electron chi connectivity index (χ3n) is 4.48. The summed E-state index contributed by atoms with van der Waals surface area (Å²) in [6.45, 7) is 4.51. The first-order chi connectivity index (χ1) is 11.6. The fourth-order valence-corrected chi connectivity index (χ4v) is 3.07. The zero-order chi connectivity index (χ0) is 17.1. The van der Waals surface area contributed by atoms with Crippen LogP contribution in [0.5, 0.6) is 0 Å². The molecule has 1 fully saturated rings. The largest absolute Gasteiger partial charge is 0.326 e.